The molecule has 0 radical (unpaired) electrons. The van der Waals surface area contributed by atoms with Crippen LogP contribution < -0.4 is 5.32 Å². The summed E-state index contributed by atoms with van der Waals surface area (Å²) in [5.41, 5.74) is 0.987. The summed E-state index contributed by atoms with van der Waals surface area (Å²) in [6.45, 7) is 0.162. The number of amides is 3. The summed E-state index contributed by atoms with van der Waals surface area (Å²) in [5, 5.41) is 3.27. The Labute approximate surface area is 179 Å². The highest BCUT2D eigenvalue weighted by atomic mass is 35.5. The summed E-state index contributed by atoms with van der Waals surface area (Å²) in [5.74, 6) is -0.800. The molecule has 0 saturated carbocycles. The Kier molecular flexibility index (Phi) is 6.61. The van der Waals surface area contributed by atoms with Gasteiger partial charge in [0.1, 0.15) is 5.15 Å². The Morgan fingerprint density at radius 3 is 2.61 bits per heavy atom. The van der Waals surface area contributed by atoms with E-state index >= 15 is 0 Å². The van der Waals surface area contributed by atoms with Gasteiger partial charge in [0.05, 0.1) is 20.5 Å². The largest absolute Gasteiger partial charge is 0.350 e. The quantitative estimate of drug-likeness (QED) is 0.529. The first-order valence-corrected chi connectivity index (χ1v) is 9.90. The van der Waals surface area contributed by atoms with Crippen LogP contribution in [0.5, 0.6) is 0 Å². The SMILES string of the molecule is O=C(NCCN1C(=O)SC(=Cc2ccc(Cl)c(Cl)c2)C1=O)c1ccc(Cl)nc1. The third-order valence-corrected chi connectivity index (χ3v) is 5.60. The number of hydrogen-bond donors (Lipinski definition) is 1. The van der Waals surface area contributed by atoms with Crippen LogP contribution in [0.15, 0.2) is 41.4 Å². The first-order valence-electron chi connectivity index (χ1n) is 7.95. The lowest BCUT2D eigenvalue weighted by Gasteiger charge is -2.13. The summed E-state index contributed by atoms with van der Waals surface area (Å²) in [7, 11) is 0. The molecular weight excluding hydrogens is 445 g/mol. The average Bonchev–Trinajstić information content (AvgIpc) is 2.92. The predicted octanol–water partition coefficient (Wildman–Crippen LogP) is 4.51. The smallest absolute Gasteiger partial charge is 0.293 e. The fraction of sp³-hybridized carbons (Fsp3) is 0.111. The average molecular weight is 457 g/mol. The molecule has 2 aromatic rings. The van der Waals surface area contributed by atoms with Gasteiger partial charge in [-0.15, -0.1) is 0 Å². The van der Waals surface area contributed by atoms with Gasteiger partial charge in [0.2, 0.25) is 0 Å². The molecule has 10 heteroatoms. The van der Waals surface area contributed by atoms with Crippen molar-refractivity contribution < 1.29 is 14.4 Å². The molecule has 1 aromatic heterocycles. The highest BCUT2D eigenvalue weighted by molar-refractivity contribution is 8.18. The second-order valence-corrected chi connectivity index (χ2v) is 7.83. The Balaban J connectivity index is 1.60. The lowest BCUT2D eigenvalue weighted by atomic mass is 10.2. The van der Waals surface area contributed by atoms with Crippen molar-refractivity contribution in [1.82, 2.24) is 15.2 Å². The fourth-order valence-corrected chi connectivity index (χ4v) is 3.62. The number of aromatic nitrogens is 1. The second-order valence-electron chi connectivity index (χ2n) is 5.63. The maximum absolute atomic E-state index is 12.5. The molecule has 0 unspecified atom stereocenters. The van der Waals surface area contributed by atoms with E-state index in [4.69, 9.17) is 34.8 Å². The molecule has 0 bridgehead atoms. The number of halogens is 3. The molecule has 1 N–H and O–H groups in total. The molecule has 3 rings (SSSR count). The van der Waals surface area contributed by atoms with Crippen molar-refractivity contribution >= 4 is 69.7 Å². The van der Waals surface area contributed by atoms with Gasteiger partial charge in [0, 0.05) is 19.3 Å². The maximum Gasteiger partial charge on any atom is 0.293 e. The number of carbonyl (C=O) groups excluding carboxylic acids is 3. The van der Waals surface area contributed by atoms with Crippen molar-refractivity contribution in [2.45, 2.75) is 0 Å². The molecule has 144 valence electrons. The van der Waals surface area contributed by atoms with E-state index in [1.54, 1.807) is 24.3 Å². The van der Waals surface area contributed by atoms with Gasteiger partial charge < -0.3 is 5.32 Å². The lowest BCUT2D eigenvalue weighted by molar-refractivity contribution is -0.122. The van der Waals surface area contributed by atoms with Gasteiger partial charge in [0.15, 0.2) is 0 Å². The molecule has 3 amide bonds. The Morgan fingerprint density at radius 2 is 1.93 bits per heavy atom. The topological polar surface area (TPSA) is 79.4 Å². The van der Waals surface area contributed by atoms with Gasteiger partial charge >= 0.3 is 0 Å². The number of benzene rings is 1. The van der Waals surface area contributed by atoms with Crippen LogP contribution in [0.2, 0.25) is 15.2 Å². The van der Waals surface area contributed by atoms with Crippen molar-refractivity contribution in [1.29, 1.82) is 0 Å². The summed E-state index contributed by atoms with van der Waals surface area (Å²) in [6, 6.07) is 7.95. The van der Waals surface area contributed by atoms with Crippen LogP contribution in [0.25, 0.3) is 6.08 Å². The number of nitrogens with one attached hydrogen (secondary N) is 1. The number of rotatable bonds is 5. The molecule has 0 aliphatic carbocycles. The van der Waals surface area contributed by atoms with Gasteiger partial charge in [-0.25, -0.2) is 4.98 Å². The minimum absolute atomic E-state index is 0.0517. The molecule has 0 atom stereocenters. The van der Waals surface area contributed by atoms with Gasteiger partial charge in [-0.2, -0.15) is 0 Å². The summed E-state index contributed by atoms with van der Waals surface area (Å²) < 4.78 is 0. The molecule has 1 fully saturated rings. The predicted molar refractivity (Wildman–Crippen MR) is 111 cm³/mol. The van der Waals surface area contributed by atoms with Crippen LogP contribution in [0.4, 0.5) is 4.79 Å². The van der Waals surface area contributed by atoms with E-state index in [1.165, 1.54) is 18.3 Å². The molecular formula is C18H12Cl3N3O3S. The lowest BCUT2D eigenvalue weighted by Crippen LogP contribution is -2.37. The second kappa shape index (κ2) is 8.96. The Bertz CT molecular complexity index is 980. The number of imide groups is 1. The first kappa shape index (κ1) is 20.7. The van der Waals surface area contributed by atoms with E-state index in [1.807, 2.05) is 0 Å². The van der Waals surface area contributed by atoms with E-state index in [-0.39, 0.29) is 29.1 Å². The standard InChI is InChI=1S/C18H12Cl3N3O3S/c19-12-3-1-10(7-13(12)20)8-14-17(26)24(18(27)28-14)6-5-22-16(25)11-2-4-15(21)23-9-11/h1-4,7-9H,5-6H2,(H,22,25). The molecule has 2 heterocycles. The number of pyridine rings is 1. The zero-order valence-electron chi connectivity index (χ0n) is 14.1. The van der Waals surface area contributed by atoms with Crippen molar-refractivity contribution in [3.05, 3.63) is 67.8 Å². The minimum Gasteiger partial charge on any atom is -0.350 e. The van der Waals surface area contributed by atoms with Crippen LogP contribution in [0.3, 0.4) is 0 Å². The first-order chi connectivity index (χ1) is 13.3. The maximum atomic E-state index is 12.5. The zero-order chi connectivity index (χ0) is 20.3. The van der Waals surface area contributed by atoms with E-state index < -0.39 is 11.1 Å². The van der Waals surface area contributed by atoms with Crippen molar-refractivity contribution in [2.75, 3.05) is 13.1 Å². The summed E-state index contributed by atoms with van der Waals surface area (Å²) in [6.07, 6.45) is 2.92. The van der Waals surface area contributed by atoms with E-state index in [0.29, 0.717) is 21.2 Å². The van der Waals surface area contributed by atoms with Crippen LogP contribution in [0.1, 0.15) is 15.9 Å². The molecule has 1 aliphatic rings. The van der Waals surface area contributed by atoms with Crippen molar-refractivity contribution in [3.63, 3.8) is 0 Å². The van der Waals surface area contributed by atoms with E-state index in [2.05, 4.69) is 10.3 Å². The van der Waals surface area contributed by atoms with Crippen LogP contribution in [-0.4, -0.2) is 40.0 Å². The van der Waals surface area contributed by atoms with Crippen LogP contribution in [-0.2, 0) is 4.79 Å². The van der Waals surface area contributed by atoms with Gasteiger partial charge in [-0.3, -0.25) is 19.3 Å². The molecule has 0 spiro atoms. The highest BCUT2D eigenvalue weighted by Gasteiger charge is 2.34. The third kappa shape index (κ3) is 4.86. The van der Waals surface area contributed by atoms with Crippen LogP contribution in [0, 0.1) is 0 Å². The number of carbonyl (C=O) groups is 3. The van der Waals surface area contributed by atoms with Crippen molar-refractivity contribution in [2.24, 2.45) is 0 Å². The monoisotopic (exact) mass is 455 g/mol. The minimum atomic E-state index is -0.427. The molecule has 1 aromatic carbocycles. The third-order valence-electron chi connectivity index (χ3n) is 3.73. The molecule has 28 heavy (non-hydrogen) atoms. The molecule has 6 nitrogen and oxygen atoms in total. The molecule has 1 aliphatic heterocycles. The summed E-state index contributed by atoms with van der Waals surface area (Å²) in [4.78, 5) is 41.8. The summed E-state index contributed by atoms with van der Waals surface area (Å²) >= 11 is 18.4. The Morgan fingerprint density at radius 1 is 1.14 bits per heavy atom. The van der Waals surface area contributed by atoms with E-state index in [9.17, 15) is 14.4 Å². The number of hydrogen-bond acceptors (Lipinski definition) is 5. The number of nitrogens with zero attached hydrogens (tertiary/aromatic N) is 2. The van der Waals surface area contributed by atoms with Gasteiger partial charge in [-0.1, -0.05) is 40.9 Å². The van der Waals surface area contributed by atoms with E-state index in [0.717, 1.165) is 16.7 Å². The highest BCUT2D eigenvalue weighted by Crippen LogP contribution is 2.33. The van der Waals surface area contributed by atoms with Crippen LogP contribution >= 0.6 is 46.6 Å². The molecule has 1 saturated heterocycles. The van der Waals surface area contributed by atoms with Gasteiger partial charge in [-0.05, 0) is 47.7 Å². The Hall–Kier alpha value is -2.06. The van der Waals surface area contributed by atoms with Gasteiger partial charge in [0.25, 0.3) is 17.1 Å². The normalized spacial score (nSPS) is 15.4. The van der Waals surface area contributed by atoms with Crippen molar-refractivity contribution in [3.8, 4) is 0 Å². The fourth-order valence-electron chi connectivity index (χ4n) is 2.34. The zero-order valence-corrected chi connectivity index (χ0v) is 17.2. The number of thioether (sulfide) groups is 1.